The van der Waals surface area contributed by atoms with Crippen LogP contribution in [0.4, 0.5) is 0 Å². The number of H-pyrrole nitrogens is 6. The molecule has 1 saturated carbocycles. The fourth-order valence-corrected chi connectivity index (χ4v) is 15.7. The number of furan rings is 2. The molecule has 20 rings (SSSR count). The van der Waals surface area contributed by atoms with Crippen molar-refractivity contribution in [1.29, 1.82) is 31.6 Å². The molecule has 0 unspecified atom stereocenters. The molecule has 18 aromatic heterocycles. The first kappa shape index (κ1) is 92.6. The molecule has 39 heteroatoms. The van der Waals surface area contributed by atoms with E-state index in [1.807, 2.05) is 194 Å². The Bertz CT molecular complexity index is 8320. The quantitative estimate of drug-likeness (QED) is 0.0555. The molecule has 0 amide bonds. The number of aromatic amines is 6. The van der Waals surface area contributed by atoms with Crippen LogP contribution in [0, 0.1) is 74.9 Å². The van der Waals surface area contributed by atoms with Crippen LogP contribution < -0.4 is 33.4 Å². The number of aromatic nitrogens is 25. The minimum atomic E-state index is -0.223. The van der Waals surface area contributed by atoms with Gasteiger partial charge in [0.05, 0.1) is 40.7 Å². The monoisotopic (exact) mass is 1820 g/mol. The summed E-state index contributed by atoms with van der Waals surface area (Å²) in [7, 11) is 1.81. The lowest BCUT2D eigenvalue weighted by Gasteiger charge is -2.12. The Balaban J connectivity index is 0.000000124. The van der Waals surface area contributed by atoms with E-state index < -0.39 is 0 Å². The fourth-order valence-electron chi connectivity index (χ4n) is 15.7. The SMILES string of the molecule is CC(C)c1c(-c2cc(C3CC3)co2)nc2c(C#N)c[nH]n2c1=O.CC(C)c1c(-c2ccc(-c3ccccc3)o2)nc2c(C#N)c[nH]n2c1=O.CC(C)c1c(-c2ccn(C)n2)nc2c(C#N)c[nH]n2c1=O.CC(C)c1c(-c2cncnc2)nc2c(C#N)c[nH]n2c1=O.CC(C)c1c(-c2cnn(C(C)C)c2)nc2c(C#N)c[nH]n2c1=O.Cc1cncc(-c2nc3c(C#N)c[nH]n3c(=O)c2C(C)C)c1. The van der Waals surface area contributed by atoms with Gasteiger partial charge in [0.2, 0.25) is 0 Å². The molecule has 39 nitrogen and oxygen atoms in total. The predicted octanol–water partition coefficient (Wildman–Crippen LogP) is 14.8. The zero-order valence-corrected chi connectivity index (χ0v) is 76.9. The summed E-state index contributed by atoms with van der Waals surface area (Å²) in [6.07, 6.45) is 26.5. The summed E-state index contributed by atoms with van der Waals surface area (Å²) >= 11 is 0. The summed E-state index contributed by atoms with van der Waals surface area (Å²) in [5.41, 5.74) is 15.5. The summed E-state index contributed by atoms with van der Waals surface area (Å²) in [5, 5.41) is 80.4. The number of hydrogen-bond donors (Lipinski definition) is 6. The molecular formula is C97H91N31O8. The zero-order chi connectivity index (χ0) is 97.1. The van der Waals surface area contributed by atoms with Crippen LogP contribution >= 0.6 is 0 Å². The molecule has 0 radical (unpaired) electrons. The highest BCUT2D eigenvalue weighted by Gasteiger charge is 2.31. The van der Waals surface area contributed by atoms with E-state index >= 15 is 0 Å². The van der Waals surface area contributed by atoms with Crippen LogP contribution in [0.5, 0.6) is 0 Å². The summed E-state index contributed by atoms with van der Waals surface area (Å²) in [5.74, 6) is 2.29. The van der Waals surface area contributed by atoms with E-state index in [4.69, 9.17) is 24.6 Å². The van der Waals surface area contributed by atoms with Crippen molar-refractivity contribution in [3.63, 3.8) is 0 Å². The van der Waals surface area contributed by atoms with Crippen molar-refractivity contribution in [1.82, 2.24) is 122 Å². The second-order valence-electron chi connectivity index (χ2n) is 34.4. The van der Waals surface area contributed by atoms with Crippen molar-refractivity contribution in [2.45, 2.75) is 164 Å². The Morgan fingerprint density at radius 3 is 1.10 bits per heavy atom. The van der Waals surface area contributed by atoms with E-state index in [2.05, 4.69) is 104 Å². The zero-order valence-electron chi connectivity index (χ0n) is 76.9. The lowest BCUT2D eigenvalue weighted by Crippen LogP contribution is -2.22. The third kappa shape index (κ3) is 17.8. The first-order valence-electron chi connectivity index (χ1n) is 43.5. The molecule has 0 spiro atoms. The van der Waals surface area contributed by atoms with Crippen LogP contribution in [0.2, 0.25) is 0 Å². The normalized spacial score (nSPS) is 11.7. The maximum atomic E-state index is 12.9. The van der Waals surface area contributed by atoms with Crippen LogP contribution in [0.15, 0.2) is 191 Å². The van der Waals surface area contributed by atoms with E-state index in [0.29, 0.717) is 169 Å². The Hall–Kier alpha value is -18.1. The topological polar surface area (TPSA) is 544 Å². The van der Waals surface area contributed by atoms with Crippen molar-refractivity contribution in [3.05, 3.63) is 294 Å². The molecule has 19 aromatic rings. The van der Waals surface area contributed by atoms with Gasteiger partial charge in [-0.05, 0) is 116 Å². The Labute approximate surface area is 773 Å². The number of nitrogens with one attached hydrogen (secondary N) is 6. The molecule has 6 N–H and O–H groups in total. The number of rotatable bonds is 15. The molecule has 0 saturated heterocycles. The predicted molar refractivity (Wildman–Crippen MR) is 503 cm³/mol. The van der Waals surface area contributed by atoms with E-state index in [9.17, 15) is 44.6 Å². The highest BCUT2D eigenvalue weighted by molar-refractivity contribution is 5.74. The van der Waals surface area contributed by atoms with Gasteiger partial charge in [-0.25, -0.2) is 67.0 Å². The van der Waals surface area contributed by atoms with Crippen LogP contribution in [-0.2, 0) is 7.05 Å². The van der Waals surface area contributed by atoms with E-state index in [1.165, 1.54) is 83.4 Å². The largest absolute Gasteiger partial charge is 0.462 e. The maximum Gasteiger partial charge on any atom is 0.276 e. The average Bonchev–Trinajstić information content (AvgIpc) is 1.60. The molecule has 136 heavy (non-hydrogen) atoms. The van der Waals surface area contributed by atoms with Gasteiger partial charge < -0.3 is 8.83 Å². The van der Waals surface area contributed by atoms with Crippen molar-refractivity contribution in [2.75, 3.05) is 0 Å². The second-order valence-corrected chi connectivity index (χ2v) is 34.4. The van der Waals surface area contributed by atoms with Gasteiger partial charge in [-0.1, -0.05) is 113 Å². The first-order chi connectivity index (χ1) is 65.3. The number of hydrogen-bond acceptors (Lipinski definition) is 25. The number of pyridine rings is 1. The van der Waals surface area contributed by atoms with Crippen molar-refractivity contribution >= 4 is 33.9 Å². The van der Waals surface area contributed by atoms with Gasteiger partial charge in [0, 0.05) is 132 Å². The van der Waals surface area contributed by atoms with Crippen LogP contribution in [0.25, 0.3) is 113 Å². The molecule has 0 aliphatic heterocycles. The standard InChI is InChI=1S/C20H16N4O2.C17H16N4O2.C16H18N6O.C16H15N5O.C14H12N6O.C14H14N6O/c1-12(2)17-18(23-19-14(10-21)11-22-24(19)20(17)25)16-9-8-15(26-16)13-6-4-3-5-7-13;1-9(2)14-15(13-5-11(8-23-13)10-3-4-10)20-16-12(6-18)7-19-21(16)17(14)22;1-9(2)13-14(12-7-18-21(8-12)10(3)4)20-15-11(5-17)6-19-22(15)16(13)23;1-9(2)13-14(11-4-10(3)6-18-7-11)20-15-12(5-17)8-19-21(15)16(13)22;1-8(2)11-12(10-4-16-7-17-5-10)19-13-9(3-15)6-18-20(13)14(11)21;1-8(2)11-12(10-4-5-19(3)18-10)17-13-9(6-15)7-16-20(13)14(11)21/h3-9,11-12,22H,1-2H3;5,7-10,19H,3-4H2,1-2H3;6-10,19H,1-4H3;4,6-9,19H,1-3H3;4-8,18H,1-2H3;4-5,7-8,16H,1-3H3. The Morgan fingerprint density at radius 2 is 0.735 bits per heavy atom. The minimum absolute atomic E-state index is 0.00116. The summed E-state index contributed by atoms with van der Waals surface area (Å²) in [6, 6.07) is 31.6. The highest BCUT2D eigenvalue weighted by Crippen LogP contribution is 2.43. The molecule has 0 atom stereocenters. The van der Waals surface area contributed by atoms with Crippen molar-refractivity contribution < 1.29 is 8.83 Å². The average molecular weight is 1820 g/mol. The summed E-state index contributed by atoms with van der Waals surface area (Å²) < 4.78 is 23.0. The summed E-state index contributed by atoms with van der Waals surface area (Å²) in [4.78, 5) is 116. The highest BCUT2D eigenvalue weighted by atomic mass is 16.3. The third-order valence-electron chi connectivity index (χ3n) is 22.5. The Morgan fingerprint density at radius 1 is 0.382 bits per heavy atom. The maximum absolute atomic E-state index is 12.9. The van der Waals surface area contributed by atoms with Gasteiger partial charge in [0.25, 0.3) is 33.4 Å². The molecule has 1 aliphatic carbocycles. The lowest BCUT2D eigenvalue weighted by atomic mass is 9.98. The van der Waals surface area contributed by atoms with Crippen LogP contribution in [0.1, 0.15) is 235 Å². The van der Waals surface area contributed by atoms with Crippen LogP contribution in [-0.4, -0.2) is 122 Å². The van der Waals surface area contributed by atoms with Gasteiger partial charge in [-0.15, -0.1) is 0 Å². The van der Waals surface area contributed by atoms with Gasteiger partial charge in [-0.2, -0.15) is 41.8 Å². The molecule has 1 aromatic carbocycles. The van der Waals surface area contributed by atoms with Crippen molar-refractivity contribution in [3.8, 4) is 116 Å². The van der Waals surface area contributed by atoms with Gasteiger partial charge in [0.1, 0.15) is 105 Å². The molecule has 1 fully saturated rings. The number of fused-ring (bicyclic) bond motifs is 6. The van der Waals surface area contributed by atoms with Gasteiger partial charge in [0.15, 0.2) is 45.4 Å². The van der Waals surface area contributed by atoms with Gasteiger partial charge >= 0.3 is 0 Å². The molecular weight excluding hydrogens is 1730 g/mol. The van der Waals surface area contributed by atoms with Crippen LogP contribution in [0.3, 0.4) is 0 Å². The molecule has 1 aliphatic rings. The van der Waals surface area contributed by atoms with E-state index in [0.717, 1.165) is 27.8 Å². The third-order valence-corrected chi connectivity index (χ3v) is 22.5. The molecule has 0 bridgehead atoms. The minimum Gasteiger partial charge on any atom is -0.462 e. The van der Waals surface area contributed by atoms with Gasteiger partial charge in [-0.3, -0.25) is 73.7 Å². The number of nitriles is 6. The molecule has 18 heterocycles. The lowest BCUT2D eigenvalue weighted by molar-refractivity contribution is 0.532. The molecule has 682 valence electrons. The fraction of sp³-hybridized carbons (Fsp3) is 0.268. The smallest absolute Gasteiger partial charge is 0.276 e. The number of aryl methyl sites for hydroxylation is 2. The Kier molecular flexibility index (Phi) is 26.2. The van der Waals surface area contributed by atoms with Crippen molar-refractivity contribution in [2.24, 2.45) is 7.05 Å². The van der Waals surface area contributed by atoms with E-state index in [-0.39, 0.29) is 74.9 Å². The number of nitrogens with zero attached hydrogens (tertiary/aromatic N) is 25. The first-order valence-corrected chi connectivity index (χ1v) is 43.5. The summed E-state index contributed by atoms with van der Waals surface area (Å²) in [6.45, 7) is 29.3. The van der Waals surface area contributed by atoms with E-state index in [1.54, 1.807) is 55.2 Å². The second kappa shape index (κ2) is 38.5. The number of benzene rings is 1.